The maximum atomic E-state index is 9.08. The molecular weight excluding hydrogens is 164 g/mol. The van der Waals surface area contributed by atoms with Gasteiger partial charge in [0.15, 0.2) is 0 Å². The molecule has 1 aromatic rings. The molecule has 3 nitrogen and oxygen atoms in total. The molecule has 2 rings (SSSR count). The van der Waals surface area contributed by atoms with Gasteiger partial charge >= 0.3 is 0 Å². The van der Waals surface area contributed by atoms with Gasteiger partial charge in [0.1, 0.15) is 0 Å². The molecule has 0 radical (unpaired) electrons. The molecule has 3 heteroatoms. The second kappa shape index (κ2) is 3.92. The van der Waals surface area contributed by atoms with Gasteiger partial charge in [-0.05, 0) is 31.2 Å². The normalized spacial score (nSPS) is 29.0. The molecule has 0 spiro atoms. The molecule has 2 unspecified atom stereocenters. The van der Waals surface area contributed by atoms with E-state index < -0.39 is 0 Å². The van der Waals surface area contributed by atoms with Gasteiger partial charge in [0.2, 0.25) is 0 Å². The summed E-state index contributed by atoms with van der Waals surface area (Å²) in [6.45, 7) is 0.331. The summed E-state index contributed by atoms with van der Waals surface area (Å²) in [5, 5.41) is 13.3. The van der Waals surface area contributed by atoms with Gasteiger partial charge in [0, 0.05) is 19.0 Å². The van der Waals surface area contributed by atoms with E-state index >= 15 is 0 Å². The van der Waals surface area contributed by atoms with Crippen LogP contribution in [-0.4, -0.2) is 21.5 Å². The van der Waals surface area contributed by atoms with E-state index in [4.69, 9.17) is 5.11 Å². The summed E-state index contributed by atoms with van der Waals surface area (Å²) in [6.07, 6.45) is 8.52. The molecule has 13 heavy (non-hydrogen) atoms. The van der Waals surface area contributed by atoms with Crippen LogP contribution < -0.4 is 0 Å². The molecule has 0 bridgehead atoms. The first-order chi connectivity index (χ1) is 6.40. The topological polar surface area (TPSA) is 38.0 Å². The number of nitrogens with zero attached hydrogens (tertiary/aromatic N) is 2. The molecule has 2 atom stereocenters. The highest BCUT2D eigenvalue weighted by atomic mass is 16.3. The zero-order chi connectivity index (χ0) is 9.10. The Labute approximate surface area is 78.4 Å². The highest BCUT2D eigenvalue weighted by Gasteiger charge is 2.22. The standard InChI is InChI=1S/C10H16N2O/c13-8-9-3-1-4-10(7-9)12-6-2-5-11-12/h2,5-6,9-10,13H,1,3-4,7-8H2. The minimum Gasteiger partial charge on any atom is -0.396 e. The minimum atomic E-state index is 0.331. The summed E-state index contributed by atoms with van der Waals surface area (Å²) in [5.41, 5.74) is 0. The third kappa shape index (κ3) is 1.91. The summed E-state index contributed by atoms with van der Waals surface area (Å²) in [5.74, 6) is 0.489. The Balaban J connectivity index is 2.00. The predicted octanol–water partition coefficient (Wildman–Crippen LogP) is 1.61. The Morgan fingerprint density at radius 2 is 2.38 bits per heavy atom. The van der Waals surface area contributed by atoms with Crippen molar-refractivity contribution in [2.24, 2.45) is 5.92 Å². The van der Waals surface area contributed by atoms with Crippen LogP contribution in [0.1, 0.15) is 31.7 Å². The number of hydrogen-bond acceptors (Lipinski definition) is 2. The molecule has 0 amide bonds. The molecule has 0 aromatic carbocycles. The van der Waals surface area contributed by atoms with Crippen molar-refractivity contribution in [3.8, 4) is 0 Å². The smallest absolute Gasteiger partial charge is 0.0522 e. The van der Waals surface area contributed by atoms with Gasteiger partial charge in [-0.1, -0.05) is 6.42 Å². The molecule has 0 saturated heterocycles. The second-order valence-corrected chi connectivity index (χ2v) is 3.86. The van der Waals surface area contributed by atoms with Crippen molar-refractivity contribution in [2.75, 3.05) is 6.61 Å². The fourth-order valence-corrected chi connectivity index (χ4v) is 2.17. The largest absolute Gasteiger partial charge is 0.396 e. The number of hydrogen-bond donors (Lipinski definition) is 1. The molecule has 1 aromatic heterocycles. The molecule has 1 aliphatic rings. The Bertz CT molecular complexity index is 245. The first-order valence-electron chi connectivity index (χ1n) is 5.00. The van der Waals surface area contributed by atoms with Crippen LogP contribution in [-0.2, 0) is 0 Å². The average molecular weight is 180 g/mol. The van der Waals surface area contributed by atoms with Crippen LogP contribution >= 0.6 is 0 Å². The lowest BCUT2D eigenvalue weighted by Crippen LogP contribution is -2.21. The van der Waals surface area contributed by atoms with Crippen LogP contribution in [0.3, 0.4) is 0 Å². The Morgan fingerprint density at radius 3 is 3.08 bits per heavy atom. The molecule has 1 saturated carbocycles. The van der Waals surface area contributed by atoms with E-state index in [9.17, 15) is 0 Å². The molecular formula is C10H16N2O. The lowest BCUT2D eigenvalue weighted by atomic mass is 9.86. The fourth-order valence-electron chi connectivity index (χ4n) is 2.17. The summed E-state index contributed by atoms with van der Waals surface area (Å²) < 4.78 is 2.03. The molecule has 1 N–H and O–H groups in total. The van der Waals surface area contributed by atoms with Crippen LogP contribution in [0.4, 0.5) is 0 Å². The van der Waals surface area contributed by atoms with Crippen molar-refractivity contribution in [3.63, 3.8) is 0 Å². The van der Waals surface area contributed by atoms with Crippen molar-refractivity contribution >= 4 is 0 Å². The van der Waals surface area contributed by atoms with Gasteiger partial charge in [-0.3, -0.25) is 4.68 Å². The minimum absolute atomic E-state index is 0.331. The Morgan fingerprint density at radius 1 is 1.46 bits per heavy atom. The summed E-state index contributed by atoms with van der Waals surface area (Å²) in [6, 6.07) is 2.48. The first kappa shape index (κ1) is 8.75. The zero-order valence-electron chi connectivity index (χ0n) is 7.76. The molecule has 1 aliphatic carbocycles. The third-order valence-corrected chi connectivity index (χ3v) is 2.91. The number of rotatable bonds is 2. The summed E-state index contributed by atoms with van der Waals surface area (Å²) in [4.78, 5) is 0. The van der Waals surface area contributed by atoms with Crippen molar-refractivity contribution < 1.29 is 5.11 Å². The van der Waals surface area contributed by atoms with E-state index in [1.165, 1.54) is 19.3 Å². The van der Waals surface area contributed by atoms with Gasteiger partial charge in [-0.2, -0.15) is 5.10 Å². The molecule has 1 heterocycles. The highest BCUT2D eigenvalue weighted by molar-refractivity contribution is 4.84. The van der Waals surface area contributed by atoms with E-state index in [1.54, 1.807) is 0 Å². The number of aliphatic hydroxyl groups excluding tert-OH is 1. The molecule has 0 aliphatic heterocycles. The lowest BCUT2D eigenvalue weighted by Gasteiger charge is -2.27. The Kier molecular flexibility index (Phi) is 2.64. The maximum absolute atomic E-state index is 9.08. The number of aliphatic hydroxyl groups is 1. The van der Waals surface area contributed by atoms with Crippen LogP contribution in [0.5, 0.6) is 0 Å². The van der Waals surface area contributed by atoms with Crippen LogP contribution in [0, 0.1) is 5.92 Å². The lowest BCUT2D eigenvalue weighted by molar-refractivity contribution is 0.158. The summed E-state index contributed by atoms with van der Waals surface area (Å²) >= 11 is 0. The monoisotopic (exact) mass is 180 g/mol. The fraction of sp³-hybridized carbons (Fsp3) is 0.700. The average Bonchev–Trinajstić information content (AvgIpc) is 2.71. The van der Waals surface area contributed by atoms with Crippen LogP contribution in [0.2, 0.25) is 0 Å². The highest BCUT2D eigenvalue weighted by Crippen LogP contribution is 2.31. The van der Waals surface area contributed by atoms with Gasteiger partial charge in [-0.15, -0.1) is 0 Å². The van der Waals surface area contributed by atoms with Crippen molar-refractivity contribution in [2.45, 2.75) is 31.7 Å². The maximum Gasteiger partial charge on any atom is 0.0522 e. The van der Waals surface area contributed by atoms with Gasteiger partial charge in [0.25, 0.3) is 0 Å². The van der Waals surface area contributed by atoms with E-state index in [-0.39, 0.29) is 0 Å². The second-order valence-electron chi connectivity index (χ2n) is 3.86. The van der Waals surface area contributed by atoms with E-state index in [2.05, 4.69) is 5.10 Å². The third-order valence-electron chi connectivity index (χ3n) is 2.91. The summed E-state index contributed by atoms with van der Waals surface area (Å²) in [7, 11) is 0. The quantitative estimate of drug-likeness (QED) is 0.750. The predicted molar refractivity (Wildman–Crippen MR) is 50.3 cm³/mol. The van der Waals surface area contributed by atoms with Gasteiger partial charge < -0.3 is 5.11 Å². The molecule has 72 valence electrons. The van der Waals surface area contributed by atoms with Crippen molar-refractivity contribution in [1.29, 1.82) is 0 Å². The van der Waals surface area contributed by atoms with Gasteiger partial charge in [0.05, 0.1) is 6.04 Å². The Hall–Kier alpha value is -0.830. The van der Waals surface area contributed by atoms with E-state index in [0.717, 1.165) is 6.42 Å². The number of aromatic nitrogens is 2. The van der Waals surface area contributed by atoms with E-state index in [1.807, 2.05) is 23.1 Å². The zero-order valence-corrected chi connectivity index (χ0v) is 7.76. The SMILES string of the molecule is OCC1CCCC(n2cccn2)C1. The molecule has 1 fully saturated rings. The van der Waals surface area contributed by atoms with Crippen LogP contribution in [0.15, 0.2) is 18.5 Å². The first-order valence-corrected chi connectivity index (χ1v) is 5.00. The van der Waals surface area contributed by atoms with E-state index in [0.29, 0.717) is 18.6 Å². The van der Waals surface area contributed by atoms with Crippen LogP contribution in [0.25, 0.3) is 0 Å². The van der Waals surface area contributed by atoms with Crippen molar-refractivity contribution in [3.05, 3.63) is 18.5 Å². The van der Waals surface area contributed by atoms with Gasteiger partial charge in [-0.25, -0.2) is 0 Å². The van der Waals surface area contributed by atoms with Crippen molar-refractivity contribution in [1.82, 2.24) is 9.78 Å².